The number of anilines is 1. The molecule has 0 aliphatic rings. The maximum absolute atomic E-state index is 12.1. The van der Waals surface area contributed by atoms with E-state index in [2.05, 4.69) is 28.2 Å². The summed E-state index contributed by atoms with van der Waals surface area (Å²) in [6, 6.07) is 16.2. The molecule has 0 atom stereocenters. The first-order valence-electron chi connectivity index (χ1n) is 8.42. The summed E-state index contributed by atoms with van der Waals surface area (Å²) in [4.78, 5) is 20.5. The molecule has 6 nitrogen and oxygen atoms in total. The molecule has 2 N–H and O–H groups in total. The summed E-state index contributed by atoms with van der Waals surface area (Å²) in [5.41, 5.74) is 9.81. The van der Waals surface area contributed by atoms with E-state index in [0.29, 0.717) is 18.1 Å². The standard InChI is InChI=1S/C20H18N4O2/c1-2-26-17(25)11-24-16-9-8-14(13-6-4-3-5-7-13)10-15(16)18-19(21)22-12-23-20(18)24/h3-10,12H,2,11H2,1H3,(H2,21,22,23). The lowest BCUT2D eigenvalue weighted by atomic mass is 10.0. The van der Waals surface area contributed by atoms with Crippen LogP contribution in [-0.2, 0) is 16.1 Å². The highest BCUT2D eigenvalue weighted by atomic mass is 16.5. The fourth-order valence-corrected chi connectivity index (χ4v) is 3.24. The monoisotopic (exact) mass is 346 g/mol. The third-order valence-electron chi connectivity index (χ3n) is 4.37. The van der Waals surface area contributed by atoms with Gasteiger partial charge in [-0.05, 0) is 30.2 Å². The van der Waals surface area contributed by atoms with Gasteiger partial charge in [-0.3, -0.25) is 4.79 Å². The highest BCUT2D eigenvalue weighted by Crippen LogP contribution is 2.33. The van der Waals surface area contributed by atoms with Crippen LogP contribution in [0, 0.1) is 0 Å². The van der Waals surface area contributed by atoms with E-state index >= 15 is 0 Å². The topological polar surface area (TPSA) is 83.0 Å². The van der Waals surface area contributed by atoms with Crippen molar-refractivity contribution in [2.45, 2.75) is 13.5 Å². The molecule has 0 unspecified atom stereocenters. The number of fused-ring (bicyclic) bond motifs is 3. The minimum Gasteiger partial charge on any atom is -0.465 e. The Morgan fingerprint density at radius 1 is 1.12 bits per heavy atom. The first kappa shape index (κ1) is 16.1. The average molecular weight is 346 g/mol. The van der Waals surface area contributed by atoms with Crippen molar-refractivity contribution in [2.75, 3.05) is 12.3 Å². The number of carbonyl (C=O) groups is 1. The Kier molecular flexibility index (Phi) is 4.01. The third-order valence-corrected chi connectivity index (χ3v) is 4.37. The van der Waals surface area contributed by atoms with Crippen LogP contribution in [0.5, 0.6) is 0 Å². The normalized spacial score (nSPS) is 11.1. The van der Waals surface area contributed by atoms with E-state index in [1.54, 1.807) is 6.92 Å². The highest BCUT2D eigenvalue weighted by molar-refractivity contribution is 6.12. The van der Waals surface area contributed by atoms with Gasteiger partial charge in [0.15, 0.2) is 0 Å². The predicted octanol–water partition coefficient (Wildman–Crippen LogP) is 3.40. The van der Waals surface area contributed by atoms with Crippen molar-refractivity contribution >= 4 is 33.7 Å². The molecule has 130 valence electrons. The molecule has 4 aromatic rings. The first-order valence-corrected chi connectivity index (χ1v) is 8.42. The fraction of sp³-hybridized carbons (Fsp3) is 0.150. The van der Waals surface area contributed by atoms with Crippen LogP contribution in [0.2, 0.25) is 0 Å². The van der Waals surface area contributed by atoms with Crippen LogP contribution >= 0.6 is 0 Å². The maximum atomic E-state index is 12.1. The summed E-state index contributed by atoms with van der Waals surface area (Å²) in [5.74, 6) is 0.0865. The number of ether oxygens (including phenoxy) is 1. The van der Waals surface area contributed by atoms with Crippen molar-refractivity contribution in [2.24, 2.45) is 0 Å². The molecular weight excluding hydrogens is 328 g/mol. The molecule has 0 aliphatic carbocycles. The van der Waals surface area contributed by atoms with Gasteiger partial charge in [0, 0.05) is 5.39 Å². The fourth-order valence-electron chi connectivity index (χ4n) is 3.24. The Morgan fingerprint density at radius 3 is 2.69 bits per heavy atom. The zero-order chi connectivity index (χ0) is 18.1. The number of esters is 1. The predicted molar refractivity (Wildman–Crippen MR) is 102 cm³/mol. The van der Waals surface area contributed by atoms with Crippen LogP contribution in [0.1, 0.15) is 6.92 Å². The van der Waals surface area contributed by atoms with Gasteiger partial charge in [0.2, 0.25) is 0 Å². The summed E-state index contributed by atoms with van der Waals surface area (Å²) < 4.78 is 6.93. The Bertz CT molecular complexity index is 1100. The second-order valence-electron chi connectivity index (χ2n) is 5.95. The van der Waals surface area contributed by atoms with Gasteiger partial charge in [0.05, 0.1) is 17.5 Å². The lowest BCUT2D eigenvalue weighted by Gasteiger charge is -2.07. The molecule has 0 fully saturated rings. The van der Waals surface area contributed by atoms with E-state index in [1.165, 1.54) is 6.33 Å². The van der Waals surface area contributed by atoms with Crippen LogP contribution in [0.25, 0.3) is 33.1 Å². The Labute approximate surface area is 150 Å². The van der Waals surface area contributed by atoms with Crippen molar-refractivity contribution in [3.63, 3.8) is 0 Å². The summed E-state index contributed by atoms with van der Waals surface area (Å²) in [7, 11) is 0. The SMILES string of the molecule is CCOC(=O)Cn1c2ccc(-c3ccccc3)cc2c2c(N)ncnc21. The number of rotatable bonds is 4. The molecular formula is C20H18N4O2. The Hall–Kier alpha value is -3.41. The minimum absolute atomic E-state index is 0.0784. The molecule has 0 aliphatic heterocycles. The van der Waals surface area contributed by atoms with Gasteiger partial charge in [0.1, 0.15) is 24.3 Å². The van der Waals surface area contributed by atoms with E-state index in [9.17, 15) is 4.79 Å². The molecule has 0 saturated heterocycles. The van der Waals surface area contributed by atoms with Gasteiger partial charge in [-0.1, -0.05) is 36.4 Å². The number of nitrogen functional groups attached to an aromatic ring is 1. The van der Waals surface area contributed by atoms with Crippen molar-refractivity contribution in [1.29, 1.82) is 0 Å². The number of carbonyl (C=O) groups excluding carboxylic acids is 1. The molecule has 2 aromatic carbocycles. The zero-order valence-electron chi connectivity index (χ0n) is 14.3. The van der Waals surface area contributed by atoms with Crippen molar-refractivity contribution < 1.29 is 9.53 Å². The quantitative estimate of drug-likeness (QED) is 0.573. The molecule has 4 rings (SSSR count). The summed E-state index contributed by atoms with van der Waals surface area (Å²) in [6.07, 6.45) is 1.41. The molecule has 2 aromatic heterocycles. The Morgan fingerprint density at radius 2 is 1.92 bits per heavy atom. The molecule has 0 saturated carbocycles. The highest BCUT2D eigenvalue weighted by Gasteiger charge is 2.18. The van der Waals surface area contributed by atoms with Crippen molar-refractivity contribution in [3.05, 3.63) is 54.9 Å². The first-order chi connectivity index (χ1) is 12.7. The second kappa shape index (κ2) is 6.48. The van der Waals surface area contributed by atoms with E-state index in [4.69, 9.17) is 10.5 Å². The van der Waals surface area contributed by atoms with Gasteiger partial charge < -0.3 is 15.0 Å². The Balaban J connectivity index is 1.96. The van der Waals surface area contributed by atoms with Crippen LogP contribution < -0.4 is 5.73 Å². The molecule has 6 heteroatoms. The molecule has 2 heterocycles. The van der Waals surface area contributed by atoms with Gasteiger partial charge in [0.25, 0.3) is 0 Å². The average Bonchev–Trinajstić information content (AvgIpc) is 2.97. The van der Waals surface area contributed by atoms with Crippen molar-refractivity contribution in [3.8, 4) is 11.1 Å². The van der Waals surface area contributed by atoms with Gasteiger partial charge in [-0.25, -0.2) is 9.97 Å². The molecule has 0 bridgehead atoms. The van der Waals surface area contributed by atoms with Crippen LogP contribution in [0.4, 0.5) is 5.82 Å². The number of benzene rings is 2. The lowest BCUT2D eigenvalue weighted by molar-refractivity contribution is -0.143. The summed E-state index contributed by atoms with van der Waals surface area (Å²) in [6.45, 7) is 2.20. The number of aromatic nitrogens is 3. The zero-order valence-corrected chi connectivity index (χ0v) is 14.3. The van der Waals surface area contributed by atoms with E-state index in [0.717, 1.165) is 27.4 Å². The van der Waals surface area contributed by atoms with Crippen LogP contribution in [0.15, 0.2) is 54.9 Å². The number of hydrogen-bond acceptors (Lipinski definition) is 5. The number of hydrogen-bond donors (Lipinski definition) is 1. The number of nitrogens with two attached hydrogens (primary N) is 1. The molecule has 0 radical (unpaired) electrons. The van der Waals surface area contributed by atoms with Gasteiger partial charge >= 0.3 is 5.97 Å². The van der Waals surface area contributed by atoms with Crippen LogP contribution in [0.3, 0.4) is 0 Å². The largest absolute Gasteiger partial charge is 0.465 e. The summed E-state index contributed by atoms with van der Waals surface area (Å²) >= 11 is 0. The maximum Gasteiger partial charge on any atom is 0.326 e. The number of nitrogens with zero attached hydrogens (tertiary/aromatic N) is 3. The minimum atomic E-state index is -0.310. The lowest BCUT2D eigenvalue weighted by Crippen LogP contribution is -2.13. The molecule has 26 heavy (non-hydrogen) atoms. The third kappa shape index (κ3) is 2.65. The van der Waals surface area contributed by atoms with E-state index in [1.807, 2.05) is 34.9 Å². The molecule has 0 spiro atoms. The smallest absolute Gasteiger partial charge is 0.326 e. The second-order valence-corrected chi connectivity index (χ2v) is 5.95. The van der Waals surface area contributed by atoms with Gasteiger partial charge in [-0.15, -0.1) is 0 Å². The van der Waals surface area contributed by atoms with Crippen LogP contribution in [-0.4, -0.2) is 27.1 Å². The molecule has 0 amide bonds. The van der Waals surface area contributed by atoms with E-state index in [-0.39, 0.29) is 12.5 Å². The van der Waals surface area contributed by atoms with E-state index < -0.39 is 0 Å². The van der Waals surface area contributed by atoms with Crippen molar-refractivity contribution in [1.82, 2.24) is 14.5 Å². The van der Waals surface area contributed by atoms with Gasteiger partial charge in [-0.2, -0.15) is 0 Å². The summed E-state index contributed by atoms with van der Waals surface area (Å²) in [5, 5.41) is 1.67.